The van der Waals surface area contributed by atoms with Gasteiger partial charge in [-0.1, -0.05) is 22.9 Å². The minimum atomic E-state index is -0.767. The number of nitrogens with zero attached hydrogens (tertiary/aromatic N) is 4. The molecule has 1 aliphatic heterocycles. The van der Waals surface area contributed by atoms with Gasteiger partial charge in [0.15, 0.2) is 5.13 Å². The van der Waals surface area contributed by atoms with Crippen molar-refractivity contribution in [2.75, 3.05) is 18.1 Å². The van der Waals surface area contributed by atoms with Crippen LogP contribution in [-0.4, -0.2) is 40.0 Å². The van der Waals surface area contributed by atoms with Gasteiger partial charge in [-0.05, 0) is 37.5 Å². The number of halogens is 1. The Hall–Kier alpha value is -3.15. The molecule has 4 rings (SSSR count). The Morgan fingerprint density at radius 2 is 1.91 bits per heavy atom. The normalized spacial score (nSPS) is 15.8. The second-order valence-electron chi connectivity index (χ2n) is 7.37. The summed E-state index contributed by atoms with van der Waals surface area (Å²) in [6, 6.07) is 6.41. The molecular weight excluding hydrogens is 460 g/mol. The van der Waals surface area contributed by atoms with Gasteiger partial charge in [0.2, 0.25) is 0 Å². The minimum Gasteiger partial charge on any atom is -0.376 e. The summed E-state index contributed by atoms with van der Waals surface area (Å²) >= 11 is 7.40. The van der Waals surface area contributed by atoms with E-state index in [0.717, 1.165) is 41.3 Å². The van der Waals surface area contributed by atoms with Crippen molar-refractivity contribution in [3.63, 3.8) is 0 Å². The predicted molar refractivity (Wildman–Crippen MR) is 120 cm³/mol. The van der Waals surface area contributed by atoms with E-state index in [1.807, 2.05) is 6.92 Å². The van der Waals surface area contributed by atoms with E-state index in [1.165, 1.54) is 16.2 Å². The van der Waals surface area contributed by atoms with Gasteiger partial charge in [0.25, 0.3) is 17.3 Å². The zero-order valence-corrected chi connectivity index (χ0v) is 18.4. The molecule has 1 aromatic heterocycles. The van der Waals surface area contributed by atoms with Gasteiger partial charge >= 0.3 is 0 Å². The fourth-order valence-electron chi connectivity index (χ4n) is 3.58. The van der Waals surface area contributed by atoms with Gasteiger partial charge < -0.3 is 4.74 Å². The molecule has 2 heterocycles. The van der Waals surface area contributed by atoms with Crippen molar-refractivity contribution in [2.45, 2.75) is 25.9 Å². The number of hydrogen-bond donors (Lipinski definition) is 0. The van der Waals surface area contributed by atoms with Crippen LogP contribution in [0.3, 0.4) is 0 Å². The fourth-order valence-corrected chi connectivity index (χ4v) is 5.01. The van der Waals surface area contributed by atoms with Crippen LogP contribution < -0.4 is 4.90 Å². The summed E-state index contributed by atoms with van der Waals surface area (Å²) in [6.07, 6.45) is 1.36. The number of ether oxygens (including phenoxy) is 1. The first-order valence-corrected chi connectivity index (χ1v) is 10.9. The predicted octanol–water partition coefficient (Wildman–Crippen LogP) is 4.90. The van der Waals surface area contributed by atoms with Crippen LogP contribution in [-0.2, 0) is 4.74 Å². The van der Waals surface area contributed by atoms with E-state index in [2.05, 4.69) is 4.98 Å². The highest BCUT2D eigenvalue weighted by atomic mass is 35.5. The minimum absolute atomic E-state index is 0.169. The first-order valence-electron chi connectivity index (χ1n) is 9.67. The molecule has 0 N–H and O–H groups in total. The number of benzene rings is 2. The van der Waals surface area contributed by atoms with Gasteiger partial charge in [0.05, 0.1) is 44.3 Å². The monoisotopic (exact) mass is 476 g/mol. The van der Waals surface area contributed by atoms with E-state index in [0.29, 0.717) is 22.3 Å². The zero-order chi connectivity index (χ0) is 23.0. The SMILES string of the molecule is Cc1cc(Cl)cc2sc(N(CC3CCCO3)C(=O)c3cc([N+](=O)[O-])cc([N+](=O)[O-])c3)nc12. The van der Waals surface area contributed by atoms with Gasteiger partial charge in [-0.25, -0.2) is 4.98 Å². The maximum atomic E-state index is 13.5. The number of rotatable bonds is 6. The highest BCUT2D eigenvalue weighted by Crippen LogP contribution is 2.35. The molecule has 2 aromatic carbocycles. The Morgan fingerprint density at radius 3 is 2.50 bits per heavy atom. The average molecular weight is 477 g/mol. The topological polar surface area (TPSA) is 129 Å². The molecule has 1 fully saturated rings. The van der Waals surface area contributed by atoms with Crippen molar-refractivity contribution in [1.29, 1.82) is 0 Å². The van der Waals surface area contributed by atoms with E-state index in [4.69, 9.17) is 16.3 Å². The quantitative estimate of drug-likeness (QED) is 0.365. The molecule has 3 aromatic rings. The lowest BCUT2D eigenvalue weighted by molar-refractivity contribution is -0.394. The van der Waals surface area contributed by atoms with Crippen molar-refractivity contribution in [2.24, 2.45) is 0 Å². The summed E-state index contributed by atoms with van der Waals surface area (Å²) in [7, 11) is 0. The number of thiazole rings is 1. The molecule has 0 spiro atoms. The third kappa shape index (κ3) is 4.40. The Kier molecular flexibility index (Phi) is 6.04. The van der Waals surface area contributed by atoms with Gasteiger partial charge in [0, 0.05) is 23.8 Å². The molecule has 1 unspecified atom stereocenters. The van der Waals surface area contributed by atoms with Crippen LogP contribution in [0.5, 0.6) is 0 Å². The zero-order valence-electron chi connectivity index (χ0n) is 16.8. The number of aromatic nitrogens is 1. The molecule has 166 valence electrons. The number of fused-ring (bicyclic) bond motifs is 1. The van der Waals surface area contributed by atoms with Crippen LogP contribution in [0.15, 0.2) is 30.3 Å². The van der Waals surface area contributed by atoms with Gasteiger partial charge in [-0.2, -0.15) is 0 Å². The van der Waals surface area contributed by atoms with Crippen LogP contribution in [0.2, 0.25) is 5.02 Å². The van der Waals surface area contributed by atoms with E-state index in [-0.39, 0.29) is 18.2 Å². The maximum absolute atomic E-state index is 13.5. The van der Waals surface area contributed by atoms with Gasteiger partial charge in [-0.15, -0.1) is 0 Å². The molecule has 12 heteroatoms. The number of nitro benzene ring substituents is 2. The van der Waals surface area contributed by atoms with Crippen LogP contribution in [0.4, 0.5) is 16.5 Å². The molecule has 1 aliphatic rings. The number of hydrogen-bond acceptors (Lipinski definition) is 8. The number of carbonyl (C=O) groups is 1. The number of non-ortho nitro benzene ring substituents is 2. The van der Waals surface area contributed by atoms with Crippen molar-refractivity contribution in [3.05, 3.63) is 66.7 Å². The second kappa shape index (κ2) is 8.77. The van der Waals surface area contributed by atoms with Crippen molar-refractivity contribution >= 4 is 55.6 Å². The van der Waals surface area contributed by atoms with Gasteiger partial charge in [0.1, 0.15) is 0 Å². The molecule has 1 atom stereocenters. The van der Waals surface area contributed by atoms with E-state index in [9.17, 15) is 25.0 Å². The van der Waals surface area contributed by atoms with Crippen LogP contribution in [0.25, 0.3) is 10.2 Å². The number of nitro groups is 2. The first kappa shape index (κ1) is 22.1. The summed E-state index contributed by atoms with van der Waals surface area (Å²) in [4.78, 5) is 40.5. The lowest BCUT2D eigenvalue weighted by Gasteiger charge is -2.23. The third-order valence-corrected chi connectivity index (χ3v) is 6.34. The van der Waals surface area contributed by atoms with E-state index in [1.54, 1.807) is 12.1 Å². The summed E-state index contributed by atoms with van der Waals surface area (Å²) in [6.45, 7) is 2.60. The number of carbonyl (C=O) groups excluding carboxylic acids is 1. The fraction of sp³-hybridized carbons (Fsp3) is 0.300. The smallest absolute Gasteiger partial charge is 0.277 e. The Labute approximate surface area is 190 Å². The number of aryl methyl sites for hydroxylation is 1. The lowest BCUT2D eigenvalue weighted by Crippen LogP contribution is -2.37. The highest BCUT2D eigenvalue weighted by molar-refractivity contribution is 7.22. The molecule has 32 heavy (non-hydrogen) atoms. The van der Waals surface area contributed by atoms with Crippen molar-refractivity contribution in [1.82, 2.24) is 4.98 Å². The third-order valence-electron chi connectivity index (χ3n) is 5.10. The van der Waals surface area contributed by atoms with Crippen LogP contribution >= 0.6 is 22.9 Å². The highest BCUT2D eigenvalue weighted by Gasteiger charge is 2.29. The van der Waals surface area contributed by atoms with E-state index >= 15 is 0 Å². The largest absolute Gasteiger partial charge is 0.376 e. The summed E-state index contributed by atoms with van der Waals surface area (Å²) < 4.78 is 6.46. The molecule has 1 amide bonds. The van der Waals surface area contributed by atoms with Crippen LogP contribution in [0.1, 0.15) is 28.8 Å². The molecule has 0 bridgehead atoms. The maximum Gasteiger partial charge on any atom is 0.277 e. The summed E-state index contributed by atoms with van der Waals surface area (Å²) in [5.74, 6) is -0.630. The van der Waals surface area contributed by atoms with Crippen molar-refractivity contribution in [3.8, 4) is 0 Å². The first-order chi connectivity index (χ1) is 15.2. The molecule has 0 saturated carbocycles. The standard InChI is InChI=1S/C20H17ClN4O6S/c1-11-5-13(21)8-17-18(11)22-20(32-17)23(10-16-3-2-4-31-16)19(26)12-6-14(24(27)28)9-15(7-12)25(29)30/h5-9,16H,2-4,10H2,1H3. The molecule has 1 saturated heterocycles. The van der Waals surface area contributed by atoms with Gasteiger partial charge in [-0.3, -0.25) is 29.9 Å². The second-order valence-corrected chi connectivity index (χ2v) is 8.81. The molecule has 0 radical (unpaired) electrons. The number of anilines is 1. The Balaban J connectivity index is 1.80. The molecular formula is C20H17ClN4O6S. The Bertz CT molecular complexity index is 1210. The summed E-state index contributed by atoms with van der Waals surface area (Å²) in [5, 5.41) is 23.4. The van der Waals surface area contributed by atoms with E-state index < -0.39 is 27.1 Å². The lowest BCUT2D eigenvalue weighted by atomic mass is 10.1. The molecule has 0 aliphatic carbocycles. The average Bonchev–Trinajstić information content (AvgIpc) is 3.40. The summed E-state index contributed by atoms with van der Waals surface area (Å²) in [5.41, 5.74) is 0.283. The Morgan fingerprint density at radius 1 is 1.22 bits per heavy atom. The number of amides is 1. The van der Waals surface area contributed by atoms with Crippen LogP contribution in [0, 0.1) is 27.2 Å². The van der Waals surface area contributed by atoms with Crippen molar-refractivity contribution < 1.29 is 19.4 Å². The molecule has 10 nitrogen and oxygen atoms in total.